The topological polar surface area (TPSA) is 210 Å². The van der Waals surface area contributed by atoms with Gasteiger partial charge in [-0.15, -0.1) is 0 Å². The van der Waals surface area contributed by atoms with Gasteiger partial charge in [0, 0.05) is 51.1 Å². The third-order valence-electron chi connectivity index (χ3n) is 11.1. The van der Waals surface area contributed by atoms with Crippen molar-refractivity contribution in [1.29, 1.82) is 0 Å². The van der Waals surface area contributed by atoms with Crippen LogP contribution in [0.3, 0.4) is 0 Å². The van der Waals surface area contributed by atoms with Crippen LogP contribution in [-0.4, -0.2) is 84.6 Å². The van der Waals surface area contributed by atoms with Crippen molar-refractivity contribution in [3.05, 3.63) is 161 Å². The van der Waals surface area contributed by atoms with Gasteiger partial charge in [-0.05, 0) is 54.8 Å². The summed E-state index contributed by atoms with van der Waals surface area (Å²) in [5.74, 6) is 0.0215. The zero-order chi connectivity index (χ0) is 44.2. The number of nitrogens with one attached hydrogen (secondary N) is 2. The fraction of sp³-hybridized carbons (Fsp3) is 0.395. The van der Waals surface area contributed by atoms with Crippen molar-refractivity contribution in [3.8, 4) is 11.5 Å². The van der Waals surface area contributed by atoms with Gasteiger partial charge in [-0.1, -0.05) is 54.6 Å². The van der Waals surface area contributed by atoms with E-state index in [9.17, 15) is 23.7 Å². The number of methoxy groups -OCH3 is 3. The van der Waals surface area contributed by atoms with Crippen LogP contribution in [0.2, 0.25) is 0 Å². The van der Waals surface area contributed by atoms with Crippen molar-refractivity contribution in [2.45, 2.75) is 75.2 Å². The molecule has 2 fully saturated rings. The second-order valence-electron chi connectivity index (χ2n) is 14.7. The smallest absolute Gasteiger partial charge is 0.359 e. The maximum atomic E-state index is 14.8. The molecule has 5 aromatic rings. The molecule has 2 aliphatic heterocycles. The van der Waals surface area contributed by atoms with Gasteiger partial charge in [-0.25, -0.2) is 9.59 Å². The molecular formula is C43H49N4O14P. The molecular weight excluding hydrogens is 827 g/mol. The molecule has 3 aromatic carbocycles. The summed E-state index contributed by atoms with van der Waals surface area (Å²) in [5, 5.41) is 0. The van der Waals surface area contributed by atoms with E-state index < -0.39 is 78.6 Å². The third-order valence-corrected chi connectivity index (χ3v) is 13.2. The summed E-state index contributed by atoms with van der Waals surface area (Å²) in [4.78, 5) is 54.4. The van der Waals surface area contributed by atoms with Crippen LogP contribution in [0.4, 0.5) is 0 Å². The number of benzene rings is 3. The first-order valence-electron chi connectivity index (χ1n) is 19.8. The Morgan fingerprint density at radius 1 is 0.774 bits per heavy atom. The first kappa shape index (κ1) is 44.6. The highest BCUT2D eigenvalue weighted by Crippen LogP contribution is 2.57. The summed E-state index contributed by atoms with van der Waals surface area (Å²) < 4.78 is 71.7. The molecule has 18 nitrogen and oxygen atoms in total. The van der Waals surface area contributed by atoms with Crippen LogP contribution in [0.1, 0.15) is 54.5 Å². The van der Waals surface area contributed by atoms with Gasteiger partial charge in [-0.2, -0.15) is 0 Å². The molecule has 4 heterocycles. The molecule has 2 unspecified atom stereocenters. The van der Waals surface area contributed by atoms with Crippen LogP contribution in [0.5, 0.6) is 11.5 Å². The Hall–Kier alpha value is -5.43. The van der Waals surface area contributed by atoms with Crippen molar-refractivity contribution < 1.29 is 46.8 Å². The SMILES string of the molecule is COc1ccc(C(OC[C@H]2O[C@@H](n3cc(C)c(=O)[nH]c3=O)C[C@@H]2OP(=O)(OC)C(C)O[C@@H]2C[C@@H](OC)[C@H](n3ccc(=O)[nH]c3=O)O2)(c2ccccc2)c2ccc(OC)cc2)cc1. The summed E-state index contributed by atoms with van der Waals surface area (Å²) in [6.07, 6.45) is -2.94. The molecule has 62 heavy (non-hydrogen) atoms. The highest BCUT2D eigenvalue weighted by atomic mass is 31.2. The van der Waals surface area contributed by atoms with Crippen LogP contribution in [0.25, 0.3) is 0 Å². The Morgan fingerprint density at radius 3 is 1.97 bits per heavy atom. The Bertz CT molecular complexity index is 2550. The summed E-state index contributed by atoms with van der Waals surface area (Å²) >= 11 is 0. The first-order valence-corrected chi connectivity index (χ1v) is 21.4. The number of aryl methyl sites for hydroxylation is 1. The van der Waals surface area contributed by atoms with Crippen molar-refractivity contribution in [2.24, 2.45) is 0 Å². The van der Waals surface area contributed by atoms with Gasteiger partial charge < -0.3 is 42.2 Å². The van der Waals surface area contributed by atoms with E-state index in [1.54, 1.807) is 21.1 Å². The van der Waals surface area contributed by atoms with Gasteiger partial charge in [0.25, 0.3) is 11.1 Å². The van der Waals surface area contributed by atoms with E-state index in [2.05, 4.69) is 9.97 Å². The normalized spacial score (nSPS) is 22.9. The van der Waals surface area contributed by atoms with Gasteiger partial charge in [0.2, 0.25) is 0 Å². The highest BCUT2D eigenvalue weighted by molar-refractivity contribution is 7.54. The average molecular weight is 877 g/mol. The summed E-state index contributed by atoms with van der Waals surface area (Å²) in [6.45, 7) is 2.88. The van der Waals surface area contributed by atoms with E-state index in [1.165, 1.54) is 48.7 Å². The molecule has 0 amide bonds. The number of ether oxygens (including phenoxy) is 7. The molecule has 0 aliphatic carbocycles. The summed E-state index contributed by atoms with van der Waals surface area (Å²) in [5.41, 5.74) is -1.29. The van der Waals surface area contributed by atoms with E-state index >= 15 is 0 Å². The van der Waals surface area contributed by atoms with Gasteiger partial charge >= 0.3 is 19.0 Å². The van der Waals surface area contributed by atoms with Crippen LogP contribution < -0.4 is 32.0 Å². The van der Waals surface area contributed by atoms with Gasteiger partial charge in [0.1, 0.15) is 41.6 Å². The molecule has 2 aromatic heterocycles. The maximum Gasteiger partial charge on any atom is 0.359 e. The lowest BCUT2D eigenvalue weighted by molar-refractivity contribution is -0.166. The van der Waals surface area contributed by atoms with Crippen molar-refractivity contribution >= 4 is 7.60 Å². The molecule has 2 N–H and O–H groups in total. The first-order chi connectivity index (χ1) is 29.8. The van der Waals surface area contributed by atoms with Gasteiger partial charge in [0.05, 0.1) is 20.8 Å². The number of nitrogens with zero attached hydrogens (tertiary/aromatic N) is 2. The Kier molecular flexibility index (Phi) is 13.6. The molecule has 0 bridgehead atoms. The molecule has 7 rings (SSSR count). The number of hydrogen-bond donors (Lipinski definition) is 2. The zero-order valence-electron chi connectivity index (χ0n) is 35.0. The molecule has 19 heteroatoms. The number of aromatic nitrogens is 4. The number of rotatable bonds is 17. The average Bonchev–Trinajstić information content (AvgIpc) is 3.88. The fourth-order valence-electron chi connectivity index (χ4n) is 7.75. The Morgan fingerprint density at radius 2 is 1.39 bits per heavy atom. The molecule has 0 spiro atoms. The second kappa shape index (κ2) is 18.9. The number of aromatic amines is 2. The van der Waals surface area contributed by atoms with E-state index in [0.29, 0.717) is 11.5 Å². The minimum Gasteiger partial charge on any atom is -0.497 e. The van der Waals surface area contributed by atoms with Crippen molar-refractivity contribution in [1.82, 2.24) is 19.1 Å². The lowest BCUT2D eigenvalue weighted by Gasteiger charge is -2.37. The third kappa shape index (κ3) is 9.05. The standard InChI is InChI=1S/C43H49N4O14P/c1-26-24-47(42(51)45-39(26)49)37-22-33(61-62(52,56-6)27(2)58-38-23-34(55-5)40(60-38)46-21-20-36(48)44-41(46)50)35(59-37)25-57-43(28-10-8-7-9-11-28,29-12-16-31(53-3)17-13-29)30-14-18-32(54-4)19-15-30/h7-21,24,27,33-35,37-38,40H,22-23,25H2,1-6H3,(H,44,48,50)(H,45,49,51)/t27?,33-,34+,35+,37+,38-,40+,62?/m0/s1. The molecule has 8 atom stereocenters. The van der Waals surface area contributed by atoms with E-state index in [1.807, 2.05) is 78.9 Å². The predicted molar refractivity (Wildman–Crippen MR) is 224 cm³/mol. The second-order valence-corrected chi connectivity index (χ2v) is 17.1. The Labute approximate surface area is 355 Å². The molecule has 0 radical (unpaired) electrons. The van der Waals surface area contributed by atoms with E-state index in [0.717, 1.165) is 16.7 Å². The molecule has 2 aliphatic rings. The highest BCUT2D eigenvalue weighted by Gasteiger charge is 2.48. The molecule has 0 saturated carbocycles. The minimum absolute atomic E-state index is 0.0220. The van der Waals surface area contributed by atoms with Gasteiger partial charge in [0.15, 0.2) is 18.4 Å². The summed E-state index contributed by atoms with van der Waals surface area (Å²) in [6, 6.07) is 25.7. The lowest BCUT2D eigenvalue weighted by atomic mass is 9.80. The molecule has 330 valence electrons. The van der Waals surface area contributed by atoms with Crippen molar-refractivity contribution in [3.63, 3.8) is 0 Å². The molecule has 2 saturated heterocycles. The minimum atomic E-state index is -4.24. The number of hydrogen-bond acceptors (Lipinski definition) is 14. The predicted octanol–water partition coefficient (Wildman–Crippen LogP) is 4.56. The van der Waals surface area contributed by atoms with Crippen LogP contribution in [-0.2, 0) is 42.9 Å². The van der Waals surface area contributed by atoms with Crippen LogP contribution in [0.15, 0.2) is 117 Å². The van der Waals surface area contributed by atoms with Gasteiger partial charge in [-0.3, -0.25) is 33.3 Å². The lowest BCUT2D eigenvalue weighted by Crippen LogP contribution is -2.39. The van der Waals surface area contributed by atoms with Crippen LogP contribution in [0, 0.1) is 6.92 Å². The quantitative estimate of drug-likeness (QED) is 0.0970. The van der Waals surface area contributed by atoms with Crippen LogP contribution >= 0.6 is 7.60 Å². The van der Waals surface area contributed by atoms with E-state index in [-0.39, 0.29) is 25.0 Å². The largest absolute Gasteiger partial charge is 0.497 e. The summed E-state index contributed by atoms with van der Waals surface area (Å²) in [7, 11) is 1.59. The number of H-pyrrole nitrogens is 2. The van der Waals surface area contributed by atoms with Crippen molar-refractivity contribution in [2.75, 3.05) is 35.0 Å². The van der Waals surface area contributed by atoms with E-state index in [4.69, 9.17) is 42.2 Å². The zero-order valence-corrected chi connectivity index (χ0v) is 35.9. The monoisotopic (exact) mass is 876 g/mol. The maximum absolute atomic E-state index is 14.8. The Balaban J connectivity index is 1.22. The fourth-order valence-corrected chi connectivity index (χ4v) is 9.19.